The van der Waals surface area contributed by atoms with Crippen LogP contribution in [0.25, 0.3) is 0 Å². The highest BCUT2D eigenvalue weighted by Gasteiger charge is 2.54. The van der Waals surface area contributed by atoms with Crippen molar-refractivity contribution in [1.29, 1.82) is 0 Å². The number of hydrogen-bond acceptors (Lipinski definition) is 3. The van der Waals surface area contributed by atoms with Gasteiger partial charge in [0.1, 0.15) is 0 Å². The smallest absolute Gasteiger partial charge is 0.311 e. The van der Waals surface area contributed by atoms with Gasteiger partial charge in [0.05, 0.1) is 12.0 Å². The van der Waals surface area contributed by atoms with E-state index in [2.05, 4.69) is 13.2 Å². The first-order valence-corrected chi connectivity index (χ1v) is 7.49. The van der Waals surface area contributed by atoms with E-state index < -0.39 is 11.4 Å². The molecule has 1 amide bonds. The average molecular weight is 292 g/mol. The minimum atomic E-state index is -0.700. The quantitative estimate of drug-likeness (QED) is 0.720. The number of carboxylic acid groups (broad SMARTS) is 1. The number of amides is 1. The summed E-state index contributed by atoms with van der Waals surface area (Å²) in [6, 6.07) is 0. The van der Waals surface area contributed by atoms with E-state index in [1.807, 2.05) is 4.90 Å². The first-order valence-electron chi connectivity index (χ1n) is 7.49. The van der Waals surface area contributed by atoms with Gasteiger partial charge in [-0.3, -0.25) is 14.5 Å². The second kappa shape index (κ2) is 6.43. The fourth-order valence-electron chi connectivity index (χ4n) is 3.74. The topological polar surface area (TPSA) is 60.9 Å². The summed E-state index contributed by atoms with van der Waals surface area (Å²) in [6.45, 7) is 9.80. The van der Waals surface area contributed by atoms with Gasteiger partial charge in [0.25, 0.3) is 0 Å². The summed E-state index contributed by atoms with van der Waals surface area (Å²) in [5.41, 5.74) is -0.623. The Morgan fingerprint density at radius 2 is 2.00 bits per heavy atom. The lowest BCUT2D eigenvalue weighted by Crippen LogP contribution is -2.41. The summed E-state index contributed by atoms with van der Waals surface area (Å²) >= 11 is 0. The molecule has 116 valence electrons. The molecule has 2 fully saturated rings. The van der Waals surface area contributed by atoms with Crippen molar-refractivity contribution >= 4 is 11.9 Å². The van der Waals surface area contributed by atoms with Crippen LogP contribution >= 0.6 is 0 Å². The Hall–Kier alpha value is -1.62. The third-order valence-electron chi connectivity index (χ3n) is 4.78. The van der Waals surface area contributed by atoms with Crippen LogP contribution in [-0.2, 0) is 9.59 Å². The van der Waals surface area contributed by atoms with Gasteiger partial charge in [-0.15, -0.1) is 13.2 Å². The number of aliphatic carboxylic acids is 1. The maximum absolute atomic E-state index is 12.3. The maximum atomic E-state index is 12.3. The molecule has 2 aliphatic rings. The van der Waals surface area contributed by atoms with Crippen molar-refractivity contribution in [2.45, 2.75) is 19.3 Å². The number of rotatable bonds is 7. The van der Waals surface area contributed by atoms with Crippen LogP contribution in [0.3, 0.4) is 0 Å². The summed E-state index contributed by atoms with van der Waals surface area (Å²) in [7, 11) is 0. The molecule has 2 atom stereocenters. The van der Waals surface area contributed by atoms with Gasteiger partial charge in [0, 0.05) is 26.2 Å². The first kappa shape index (κ1) is 15.8. The van der Waals surface area contributed by atoms with Crippen molar-refractivity contribution in [1.82, 2.24) is 9.80 Å². The van der Waals surface area contributed by atoms with Crippen LogP contribution in [0.5, 0.6) is 0 Å². The minimum Gasteiger partial charge on any atom is -0.481 e. The Labute approximate surface area is 125 Å². The van der Waals surface area contributed by atoms with Gasteiger partial charge in [-0.05, 0) is 18.8 Å². The Kier molecular flexibility index (Phi) is 4.83. The third kappa shape index (κ3) is 3.02. The molecule has 0 spiro atoms. The number of carbonyl (C=O) groups is 2. The van der Waals surface area contributed by atoms with E-state index in [0.29, 0.717) is 26.2 Å². The van der Waals surface area contributed by atoms with Crippen molar-refractivity contribution in [3.05, 3.63) is 25.3 Å². The van der Waals surface area contributed by atoms with Crippen molar-refractivity contribution in [3.63, 3.8) is 0 Å². The van der Waals surface area contributed by atoms with Crippen LogP contribution in [0, 0.1) is 11.3 Å². The van der Waals surface area contributed by atoms with Crippen LogP contribution in [0.15, 0.2) is 25.3 Å². The number of fused-ring (bicyclic) bond motifs is 1. The van der Waals surface area contributed by atoms with Crippen molar-refractivity contribution < 1.29 is 14.7 Å². The summed E-state index contributed by atoms with van der Waals surface area (Å²) in [6.07, 6.45) is 6.07. The predicted octanol–water partition coefficient (Wildman–Crippen LogP) is 1.37. The predicted molar refractivity (Wildman–Crippen MR) is 80.8 cm³/mol. The van der Waals surface area contributed by atoms with Gasteiger partial charge in [-0.2, -0.15) is 0 Å². The molecule has 1 aliphatic carbocycles. The zero-order valence-corrected chi connectivity index (χ0v) is 12.5. The summed E-state index contributed by atoms with van der Waals surface area (Å²) in [5, 5.41) is 9.56. The van der Waals surface area contributed by atoms with Crippen LogP contribution in [0.1, 0.15) is 19.3 Å². The Balaban J connectivity index is 1.98. The van der Waals surface area contributed by atoms with E-state index in [1.165, 1.54) is 0 Å². The van der Waals surface area contributed by atoms with E-state index in [0.717, 1.165) is 19.3 Å². The fourth-order valence-corrected chi connectivity index (χ4v) is 3.74. The lowest BCUT2D eigenvalue weighted by molar-refractivity contribution is -0.149. The molecule has 1 saturated carbocycles. The molecule has 0 bridgehead atoms. The molecule has 5 nitrogen and oxygen atoms in total. The number of likely N-dealkylation sites (tertiary alicyclic amines) is 1. The largest absolute Gasteiger partial charge is 0.481 e. The molecule has 1 heterocycles. The summed E-state index contributed by atoms with van der Waals surface area (Å²) in [5.74, 6) is -0.501. The molecule has 0 aromatic heterocycles. The zero-order valence-electron chi connectivity index (χ0n) is 12.5. The van der Waals surface area contributed by atoms with Gasteiger partial charge < -0.3 is 10.0 Å². The van der Waals surface area contributed by atoms with Gasteiger partial charge in [0.15, 0.2) is 0 Å². The number of hydrogen-bond donors (Lipinski definition) is 1. The normalized spacial score (nSPS) is 28.1. The summed E-state index contributed by atoms with van der Waals surface area (Å²) < 4.78 is 0. The van der Waals surface area contributed by atoms with E-state index in [9.17, 15) is 14.7 Å². The average Bonchev–Trinajstić information content (AvgIpc) is 2.96. The highest BCUT2D eigenvalue weighted by atomic mass is 16.4. The highest BCUT2D eigenvalue weighted by molar-refractivity contribution is 5.80. The van der Waals surface area contributed by atoms with E-state index >= 15 is 0 Å². The number of carboxylic acids is 1. The SMILES string of the molecule is C=CCN(CC=C)C(=O)CN1C[C@@H]2CCC[C@@]2(C(=O)O)C1. The lowest BCUT2D eigenvalue weighted by atomic mass is 9.81. The molecule has 0 unspecified atom stereocenters. The molecule has 2 rings (SSSR count). The molecule has 21 heavy (non-hydrogen) atoms. The maximum Gasteiger partial charge on any atom is 0.311 e. The van der Waals surface area contributed by atoms with Crippen molar-refractivity contribution in [2.75, 3.05) is 32.7 Å². The molecule has 0 aromatic carbocycles. The van der Waals surface area contributed by atoms with Gasteiger partial charge in [-0.1, -0.05) is 18.6 Å². The van der Waals surface area contributed by atoms with E-state index in [4.69, 9.17) is 0 Å². The number of nitrogens with zero attached hydrogens (tertiary/aromatic N) is 2. The molecular weight excluding hydrogens is 268 g/mol. The molecule has 1 N–H and O–H groups in total. The number of carbonyl (C=O) groups excluding carboxylic acids is 1. The fraction of sp³-hybridized carbons (Fsp3) is 0.625. The summed E-state index contributed by atoms with van der Waals surface area (Å²) in [4.78, 5) is 27.6. The Bertz CT molecular complexity index is 439. The molecule has 0 radical (unpaired) electrons. The van der Waals surface area contributed by atoms with Crippen LogP contribution in [0.2, 0.25) is 0 Å². The van der Waals surface area contributed by atoms with Gasteiger partial charge in [0.2, 0.25) is 5.91 Å². The standard InChI is InChI=1S/C16H24N2O3/c1-3-8-18(9-4-2)14(19)11-17-10-13-6-5-7-16(13,12-17)15(20)21/h3-4,13H,1-2,5-12H2,(H,20,21)/t13-,16+/m0/s1. The van der Waals surface area contributed by atoms with Gasteiger partial charge >= 0.3 is 5.97 Å². The molecule has 1 aliphatic heterocycles. The van der Waals surface area contributed by atoms with E-state index in [-0.39, 0.29) is 18.4 Å². The molecule has 1 saturated heterocycles. The van der Waals surface area contributed by atoms with Crippen molar-refractivity contribution in [3.8, 4) is 0 Å². The lowest BCUT2D eigenvalue weighted by Gasteiger charge is -2.25. The molecular formula is C16H24N2O3. The third-order valence-corrected chi connectivity index (χ3v) is 4.78. The van der Waals surface area contributed by atoms with Crippen molar-refractivity contribution in [2.24, 2.45) is 11.3 Å². The van der Waals surface area contributed by atoms with E-state index in [1.54, 1.807) is 17.1 Å². The van der Waals surface area contributed by atoms with Crippen LogP contribution < -0.4 is 0 Å². The Morgan fingerprint density at radius 1 is 1.33 bits per heavy atom. The zero-order chi connectivity index (χ0) is 15.5. The first-order chi connectivity index (χ1) is 10.0. The molecule has 5 heteroatoms. The van der Waals surface area contributed by atoms with Crippen LogP contribution in [-0.4, -0.2) is 59.5 Å². The second-order valence-electron chi connectivity index (χ2n) is 6.10. The molecule has 0 aromatic rings. The Morgan fingerprint density at radius 3 is 2.52 bits per heavy atom. The minimum absolute atomic E-state index is 0.00955. The monoisotopic (exact) mass is 292 g/mol. The van der Waals surface area contributed by atoms with Crippen LogP contribution in [0.4, 0.5) is 0 Å². The van der Waals surface area contributed by atoms with Gasteiger partial charge in [-0.25, -0.2) is 0 Å². The second-order valence-corrected chi connectivity index (χ2v) is 6.10. The highest BCUT2D eigenvalue weighted by Crippen LogP contribution is 2.48.